The molecule has 2 rings (SSSR count). The third kappa shape index (κ3) is 3.38. The second kappa shape index (κ2) is 5.76. The van der Waals surface area contributed by atoms with Crippen LogP contribution in [0.3, 0.4) is 0 Å². The summed E-state index contributed by atoms with van der Waals surface area (Å²) in [4.78, 5) is 2.28. The first kappa shape index (κ1) is 12.7. The van der Waals surface area contributed by atoms with Crippen molar-refractivity contribution in [2.24, 2.45) is 5.92 Å². The van der Waals surface area contributed by atoms with Gasteiger partial charge in [-0.3, -0.25) is 0 Å². The Kier molecular flexibility index (Phi) is 4.32. The predicted octanol–water partition coefficient (Wildman–Crippen LogP) is 4.05. The van der Waals surface area contributed by atoms with E-state index >= 15 is 0 Å². The van der Waals surface area contributed by atoms with Crippen molar-refractivity contribution in [1.29, 1.82) is 0 Å². The molecule has 0 radical (unpaired) electrons. The van der Waals surface area contributed by atoms with Crippen LogP contribution < -0.4 is 10.6 Å². The molecule has 0 aromatic heterocycles. The number of hydrogen-bond donors (Lipinski definition) is 1. The van der Waals surface area contributed by atoms with Crippen LogP contribution in [0.25, 0.3) is 0 Å². The standard InChI is InChI=1S/C14H21BrN2/c1-17(9-8-11-4-2-3-5-11)14-7-6-12(15)10-13(14)16/h6-7,10-11H,2-5,8-9,16H2,1H3. The molecule has 1 aliphatic rings. The van der Waals surface area contributed by atoms with Gasteiger partial charge in [0.1, 0.15) is 0 Å². The van der Waals surface area contributed by atoms with Gasteiger partial charge in [-0.2, -0.15) is 0 Å². The number of rotatable bonds is 4. The van der Waals surface area contributed by atoms with Crippen molar-refractivity contribution in [2.45, 2.75) is 32.1 Å². The monoisotopic (exact) mass is 296 g/mol. The Hall–Kier alpha value is -0.700. The molecule has 94 valence electrons. The molecule has 0 unspecified atom stereocenters. The largest absolute Gasteiger partial charge is 0.397 e. The van der Waals surface area contributed by atoms with E-state index in [1.807, 2.05) is 6.07 Å². The fraction of sp³-hybridized carbons (Fsp3) is 0.571. The van der Waals surface area contributed by atoms with Crippen molar-refractivity contribution in [3.63, 3.8) is 0 Å². The Labute approximate surface area is 112 Å². The average Bonchev–Trinajstić information content (AvgIpc) is 2.78. The smallest absolute Gasteiger partial charge is 0.0598 e. The van der Waals surface area contributed by atoms with Crippen molar-refractivity contribution < 1.29 is 0 Å². The summed E-state index contributed by atoms with van der Waals surface area (Å²) in [7, 11) is 2.13. The number of nitrogen functional groups attached to an aromatic ring is 1. The van der Waals surface area contributed by atoms with Gasteiger partial charge in [0.05, 0.1) is 11.4 Å². The van der Waals surface area contributed by atoms with Gasteiger partial charge in [0.2, 0.25) is 0 Å². The lowest BCUT2D eigenvalue weighted by atomic mass is 10.0. The van der Waals surface area contributed by atoms with Gasteiger partial charge in [-0.1, -0.05) is 41.6 Å². The lowest BCUT2D eigenvalue weighted by Crippen LogP contribution is -2.21. The summed E-state index contributed by atoms with van der Waals surface area (Å²) >= 11 is 3.44. The fourth-order valence-electron chi connectivity index (χ4n) is 2.67. The Morgan fingerprint density at radius 2 is 2.06 bits per heavy atom. The fourth-order valence-corrected chi connectivity index (χ4v) is 3.05. The second-order valence-electron chi connectivity index (χ2n) is 5.06. The predicted molar refractivity (Wildman–Crippen MR) is 78.4 cm³/mol. The minimum Gasteiger partial charge on any atom is -0.397 e. The van der Waals surface area contributed by atoms with Gasteiger partial charge >= 0.3 is 0 Å². The summed E-state index contributed by atoms with van der Waals surface area (Å²) in [5, 5.41) is 0. The van der Waals surface area contributed by atoms with Crippen LogP contribution in [0.4, 0.5) is 11.4 Å². The van der Waals surface area contributed by atoms with E-state index in [1.54, 1.807) is 0 Å². The van der Waals surface area contributed by atoms with Gasteiger partial charge in [0.25, 0.3) is 0 Å². The third-order valence-electron chi connectivity index (χ3n) is 3.75. The maximum atomic E-state index is 6.03. The molecule has 0 aliphatic heterocycles. The van der Waals surface area contributed by atoms with E-state index in [0.29, 0.717) is 0 Å². The Bertz CT molecular complexity index is 372. The number of halogens is 1. The molecular formula is C14H21BrN2. The molecule has 0 spiro atoms. The molecule has 0 atom stereocenters. The molecule has 0 heterocycles. The summed E-state index contributed by atoms with van der Waals surface area (Å²) in [5.41, 5.74) is 8.03. The molecule has 1 aromatic carbocycles. The molecular weight excluding hydrogens is 276 g/mol. The summed E-state index contributed by atoms with van der Waals surface area (Å²) in [6.45, 7) is 1.11. The normalized spacial score (nSPS) is 16.4. The number of anilines is 2. The highest BCUT2D eigenvalue weighted by atomic mass is 79.9. The highest BCUT2D eigenvalue weighted by Gasteiger charge is 2.15. The summed E-state index contributed by atoms with van der Waals surface area (Å²) in [5.74, 6) is 0.939. The van der Waals surface area contributed by atoms with Gasteiger partial charge in [-0.15, -0.1) is 0 Å². The maximum absolute atomic E-state index is 6.03. The third-order valence-corrected chi connectivity index (χ3v) is 4.24. The molecule has 3 heteroatoms. The molecule has 1 aromatic rings. The minimum absolute atomic E-state index is 0.855. The molecule has 2 nitrogen and oxygen atoms in total. The van der Waals surface area contributed by atoms with E-state index < -0.39 is 0 Å². The van der Waals surface area contributed by atoms with E-state index in [9.17, 15) is 0 Å². The topological polar surface area (TPSA) is 29.3 Å². The maximum Gasteiger partial charge on any atom is 0.0598 e. The van der Waals surface area contributed by atoms with E-state index in [4.69, 9.17) is 5.73 Å². The van der Waals surface area contributed by atoms with Gasteiger partial charge < -0.3 is 10.6 Å². The van der Waals surface area contributed by atoms with E-state index in [-0.39, 0.29) is 0 Å². The van der Waals surface area contributed by atoms with Crippen LogP contribution in [-0.2, 0) is 0 Å². The van der Waals surface area contributed by atoms with Crippen molar-refractivity contribution in [3.05, 3.63) is 22.7 Å². The lowest BCUT2D eigenvalue weighted by Gasteiger charge is -2.22. The number of hydrogen-bond acceptors (Lipinski definition) is 2. The first-order valence-electron chi connectivity index (χ1n) is 6.43. The van der Waals surface area contributed by atoms with Crippen molar-refractivity contribution in [1.82, 2.24) is 0 Å². The molecule has 0 saturated heterocycles. The molecule has 0 amide bonds. The van der Waals surface area contributed by atoms with Crippen LogP contribution >= 0.6 is 15.9 Å². The van der Waals surface area contributed by atoms with Gasteiger partial charge in [-0.05, 0) is 30.5 Å². The first-order valence-corrected chi connectivity index (χ1v) is 7.22. The molecule has 17 heavy (non-hydrogen) atoms. The molecule has 1 aliphatic carbocycles. The Morgan fingerprint density at radius 1 is 1.35 bits per heavy atom. The van der Waals surface area contributed by atoms with Crippen molar-refractivity contribution >= 4 is 27.3 Å². The lowest BCUT2D eigenvalue weighted by molar-refractivity contribution is 0.505. The highest BCUT2D eigenvalue weighted by molar-refractivity contribution is 9.10. The SMILES string of the molecule is CN(CCC1CCCC1)c1ccc(Br)cc1N. The quantitative estimate of drug-likeness (QED) is 0.850. The summed E-state index contributed by atoms with van der Waals surface area (Å²) < 4.78 is 1.04. The first-order chi connectivity index (χ1) is 8.16. The van der Waals surface area contributed by atoms with Crippen LogP contribution in [0.1, 0.15) is 32.1 Å². The minimum atomic E-state index is 0.855. The van der Waals surface area contributed by atoms with Crippen LogP contribution in [0, 0.1) is 5.92 Å². The highest BCUT2D eigenvalue weighted by Crippen LogP contribution is 2.30. The van der Waals surface area contributed by atoms with Gasteiger partial charge in [-0.25, -0.2) is 0 Å². The average molecular weight is 297 g/mol. The van der Waals surface area contributed by atoms with Gasteiger partial charge in [0.15, 0.2) is 0 Å². The summed E-state index contributed by atoms with van der Waals surface area (Å²) in [6.07, 6.45) is 6.99. The second-order valence-corrected chi connectivity index (χ2v) is 5.98. The van der Waals surface area contributed by atoms with Crippen molar-refractivity contribution in [2.75, 3.05) is 24.2 Å². The van der Waals surface area contributed by atoms with Crippen LogP contribution in [0.5, 0.6) is 0 Å². The van der Waals surface area contributed by atoms with E-state index in [1.165, 1.54) is 32.1 Å². The van der Waals surface area contributed by atoms with Crippen molar-refractivity contribution in [3.8, 4) is 0 Å². The molecule has 1 fully saturated rings. The zero-order chi connectivity index (χ0) is 12.3. The molecule has 1 saturated carbocycles. The zero-order valence-electron chi connectivity index (χ0n) is 10.5. The number of benzene rings is 1. The van der Waals surface area contributed by atoms with Gasteiger partial charge in [0, 0.05) is 18.1 Å². The zero-order valence-corrected chi connectivity index (χ0v) is 12.0. The molecule has 2 N–H and O–H groups in total. The van der Waals surface area contributed by atoms with E-state index in [0.717, 1.165) is 28.3 Å². The molecule has 0 bridgehead atoms. The number of nitrogens with zero attached hydrogens (tertiary/aromatic N) is 1. The van der Waals surface area contributed by atoms with Crippen LogP contribution in [0.2, 0.25) is 0 Å². The Morgan fingerprint density at radius 3 is 2.71 bits per heavy atom. The van der Waals surface area contributed by atoms with E-state index in [2.05, 4.69) is 40.0 Å². The Balaban J connectivity index is 1.91. The van der Waals surface area contributed by atoms with Crippen LogP contribution in [-0.4, -0.2) is 13.6 Å². The van der Waals surface area contributed by atoms with Crippen LogP contribution in [0.15, 0.2) is 22.7 Å². The summed E-state index contributed by atoms with van der Waals surface area (Å²) in [6, 6.07) is 6.12. The number of nitrogens with two attached hydrogens (primary N) is 1.